The molecule has 5 atom stereocenters. The van der Waals surface area contributed by atoms with Crippen molar-refractivity contribution in [1.82, 2.24) is 0 Å². The van der Waals surface area contributed by atoms with Crippen LogP contribution in [0, 0.1) is 0 Å². The number of aliphatic hydroxyl groups is 1. The summed E-state index contributed by atoms with van der Waals surface area (Å²) in [6.07, 6.45) is -1.80. The summed E-state index contributed by atoms with van der Waals surface area (Å²) in [4.78, 5) is 0. The van der Waals surface area contributed by atoms with Gasteiger partial charge in [-0.1, -0.05) is 0 Å². The molecule has 6 nitrogen and oxygen atoms in total. The Kier molecular flexibility index (Phi) is 5.30. The third kappa shape index (κ3) is 2.96. The van der Waals surface area contributed by atoms with E-state index in [-0.39, 0.29) is 6.10 Å². The van der Waals surface area contributed by atoms with Crippen molar-refractivity contribution < 1.29 is 28.8 Å². The number of ether oxygens (including phenoxy) is 5. The maximum Gasteiger partial charge on any atom is 0.192 e. The molecule has 0 radical (unpaired) electrons. The lowest BCUT2D eigenvalue weighted by Gasteiger charge is -2.47. The van der Waals surface area contributed by atoms with E-state index >= 15 is 0 Å². The molecule has 0 aromatic heterocycles. The molecule has 0 spiro atoms. The molecule has 1 fully saturated rings. The zero-order valence-corrected chi connectivity index (χ0v) is 11.0. The Bertz CT molecular complexity index is 232. The highest BCUT2D eigenvalue weighted by atomic mass is 16.7. The van der Waals surface area contributed by atoms with Gasteiger partial charge in [-0.3, -0.25) is 0 Å². The van der Waals surface area contributed by atoms with Gasteiger partial charge in [0.2, 0.25) is 0 Å². The second-order valence-corrected chi connectivity index (χ2v) is 4.22. The van der Waals surface area contributed by atoms with Crippen LogP contribution in [0.2, 0.25) is 0 Å². The predicted octanol–water partition coefficient (Wildman–Crippen LogP) is -0.215. The molecular weight excluding hydrogens is 228 g/mol. The van der Waals surface area contributed by atoms with Gasteiger partial charge < -0.3 is 28.8 Å². The molecular formula is C11H22O6. The summed E-state index contributed by atoms with van der Waals surface area (Å²) in [5, 5.41) is 10.2. The fourth-order valence-electron chi connectivity index (χ4n) is 2.32. The molecule has 1 aliphatic heterocycles. The summed E-state index contributed by atoms with van der Waals surface area (Å²) in [5.74, 6) is -1.44. The maximum atomic E-state index is 10.2. The van der Waals surface area contributed by atoms with Gasteiger partial charge in [-0.2, -0.15) is 0 Å². The quantitative estimate of drug-likeness (QED) is 0.728. The SMILES string of the molecule is COC[C@H]1O[C@@](C)(O)[C@H](OC)[C@@H](OC)[C@H]1OC. The van der Waals surface area contributed by atoms with Crippen LogP contribution in [0.3, 0.4) is 0 Å². The van der Waals surface area contributed by atoms with E-state index in [0.717, 1.165) is 0 Å². The van der Waals surface area contributed by atoms with E-state index in [2.05, 4.69) is 0 Å². The average Bonchev–Trinajstić information content (AvgIpc) is 2.27. The van der Waals surface area contributed by atoms with Gasteiger partial charge in [0.25, 0.3) is 0 Å². The monoisotopic (exact) mass is 250 g/mol. The Morgan fingerprint density at radius 1 is 1.06 bits per heavy atom. The standard InChI is InChI=1S/C11H22O6/c1-11(12)10(16-5)9(15-4)8(14-3)7(17-11)6-13-2/h7-10,12H,6H2,1-5H3/t7-,8+,9+,10-,11-/m1/s1. The van der Waals surface area contributed by atoms with Crippen LogP contribution < -0.4 is 0 Å². The molecule has 0 amide bonds. The van der Waals surface area contributed by atoms with Crippen molar-refractivity contribution in [3.63, 3.8) is 0 Å². The van der Waals surface area contributed by atoms with Crippen LogP contribution in [0.25, 0.3) is 0 Å². The molecule has 0 unspecified atom stereocenters. The third-order valence-corrected chi connectivity index (χ3v) is 3.04. The summed E-state index contributed by atoms with van der Waals surface area (Å²) < 4.78 is 26.6. The molecule has 0 bridgehead atoms. The van der Waals surface area contributed by atoms with Gasteiger partial charge in [-0.05, 0) is 6.92 Å². The van der Waals surface area contributed by atoms with E-state index in [1.165, 1.54) is 7.11 Å². The first-order chi connectivity index (χ1) is 8.01. The molecule has 1 aliphatic rings. The highest BCUT2D eigenvalue weighted by Crippen LogP contribution is 2.32. The lowest BCUT2D eigenvalue weighted by molar-refractivity contribution is -0.351. The number of hydrogen-bond donors (Lipinski definition) is 1. The van der Waals surface area contributed by atoms with Crippen LogP contribution in [-0.2, 0) is 23.7 Å². The van der Waals surface area contributed by atoms with Crippen LogP contribution >= 0.6 is 0 Å². The van der Waals surface area contributed by atoms with E-state index in [1.54, 1.807) is 28.3 Å². The highest BCUT2D eigenvalue weighted by molar-refractivity contribution is 4.96. The van der Waals surface area contributed by atoms with Gasteiger partial charge >= 0.3 is 0 Å². The zero-order valence-electron chi connectivity index (χ0n) is 11.0. The molecule has 1 heterocycles. The van der Waals surface area contributed by atoms with Crippen molar-refractivity contribution in [3.8, 4) is 0 Å². The van der Waals surface area contributed by atoms with Gasteiger partial charge in [0.05, 0.1) is 6.61 Å². The van der Waals surface area contributed by atoms with E-state index < -0.39 is 24.1 Å². The predicted molar refractivity (Wildman–Crippen MR) is 59.8 cm³/mol. The lowest BCUT2D eigenvalue weighted by Crippen LogP contribution is -2.65. The Labute approximate surface area is 102 Å². The van der Waals surface area contributed by atoms with Crippen molar-refractivity contribution in [3.05, 3.63) is 0 Å². The van der Waals surface area contributed by atoms with Crippen molar-refractivity contribution >= 4 is 0 Å². The molecule has 0 saturated carbocycles. The van der Waals surface area contributed by atoms with Crippen molar-refractivity contribution in [2.45, 2.75) is 37.1 Å². The first-order valence-corrected chi connectivity index (χ1v) is 5.49. The fourth-order valence-corrected chi connectivity index (χ4v) is 2.32. The van der Waals surface area contributed by atoms with Gasteiger partial charge in [-0.15, -0.1) is 0 Å². The van der Waals surface area contributed by atoms with E-state index in [4.69, 9.17) is 23.7 Å². The van der Waals surface area contributed by atoms with E-state index in [9.17, 15) is 5.11 Å². The minimum atomic E-state index is -1.44. The molecule has 0 aliphatic carbocycles. The molecule has 1 rings (SSSR count). The Morgan fingerprint density at radius 3 is 2.06 bits per heavy atom. The second-order valence-electron chi connectivity index (χ2n) is 4.22. The van der Waals surface area contributed by atoms with Crippen molar-refractivity contribution in [1.29, 1.82) is 0 Å². The minimum Gasteiger partial charge on any atom is -0.382 e. The normalized spacial score (nSPS) is 42.7. The minimum absolute atomic E-state index is 0.310. The number of hydrogen-bond acceptors (Lipinski definition) is 6. The van der Waals surface area contributed by atoms with Crippen molar-refractivity contribution in [2.75, 3.05) is 35.0 Å². The maximum absolute atomic E-state index is 10.2. The third-order valence-electron chi connectivity index (χ3n) is 3.04. The largest absolute Gasteiger partial charge is 0.382 e. The van der Waals surface area contributed by atoms with E-state index in [0.29, 0.717) is 6.61 Å². The van der Waals surface area contributed by atoms with Crippen LogP contribution in [-0.4, -0.2) is 70.4 Å². The van der Waals surface area contributed by atoms with Crippen LogP contribution in [0.5, 0.6) is 0 Å². The first-order valence-electron chi connectivity index (χ1n) is 5.49. The molecule has 1 saturated heterocycles. The number of rotatable bonds is 5. The van der Waals surface area contributed by atoms with E-state index in [1.807, 2.05) is 0 Å². The zero-order chi connectivity index (χ0) is 13.1. The summed E-state index contributed by atoms with van der Waals surface area (Å²) in [7, 11) is 6.18. The summed E-state index contributed by atoms with van der Waals surface area (Å²) in [5.41, 5.74) is 0. The van der Waals surface area contributed by atoms with Crippen LogP contribution in [0.1, 0.15) is 6.92 Å². The Hall–Kier alpha value is -0.240. The van der Waals surface area contributed by atoms with Gasteiger partial charge in [0.1, 0.15) is 24.4 Å². The van der Waals surface area contributed by atoms with Gasteiger partial charge in [0.15, 0.2) is 5.79 Å². The second kappa shape index (κ2) is 6.08. The number of methoxy groups -OCH3 is 4. The van der Waals surface area contributed by atoms with Gasteiger partial charge in [0, 0.05) is 28.4 Å². The summed E-state index contributed by atoms with van der Waals surface area (Å²) in [6.45, 7) is 1.85. The molecule has 102 valence electrons. The Balaban J connectivity index is 2.93. The summed E-state index contributed by atoms with van der Waals surface area (Å²) in [6, 6.07) is 0. The topological polar surface area (TPSA) is 66.4 Å². The molecule has 6 heteroatoms. The highest BCUT2D eigenvalue weighted by Gasteiger charge is 2.52. The van der Waals surface area contributed by atoms with Crippen molar-refractivity contribution in [2.24, 2.45) is 0 Å². The van der Waals surface area contributed by atoms with Gasteiger partial charge in [-0.25, -0.2) is 0 Å². The summed E-state index contributed by atoms with van der Waals surface area (Å²) >= 11 is 0. The molecule has 17 heavy (non-hydrogen) atoms. The fraction of sp³-hybridized carbons (Fsp3) is 1.00. The molecule has 1 N–H and O–H groups in total. The molecule has 0 aromatic carbocycles. The van der Waals surface area contributed by atoms with Crippen LogP contribution in [0.4, 0.5) is 0 Å². The lowest BCUT2D eigenvalue weighted by atomic mass is 9.93. The molecule has 0 aromatic rings. The average molecular weight is 250 g/mol. The smallest absolute Gasteiger partial charge is 0.192 e. The first kappa shape index (κ1) is 14.8. The van der Waals surface area contributed by atoms with Crippen LogP contribution in [0.15, 0.2) is 0 Å². The Morgan fingerprint density at radius 2 is 1.65 bits per heavy atom.